The first-order valence-electron chi connectivity index (χ1n) is 8.48. The van der Waals surface area contributed by atoms with E-state index in [0.717, 1.165) is 37.6 Å². The Balaban J connectivity index is 0.00000192. The zero-order chi connectivity index (χ0) is 15.4. The third-order valence-electron chi connectivity index (χ3n) is 5.04. The van der Waals surface area contributed by atoms with Crippen LogP contribution in [-0.4, -0.2) is 37.0 Å². The number of hydrogen-bond acceptors (Lipinski definition) is 1. The monoisotopic (exact) mass is 431 g/mol. The molecule has 23 heavy (non-hydrogen) atoms. The van der Waals surface area contributed by atoms with Crippen molar-refractivity contribution in [2.75, 3.05) is 26.2 Å². The van der Waals surface area contributed by atoms with Crippen LogP contribution in [0.4, 0.5) is 4.39 Å². The van der Waals surface area contributed by atoms with Crippen LogP contribution in [0.3, 0.4) is 0 Å². The molecule has 1 N–H and O–H groups in total. The quantitative estimate of drug-likeness (QED) is 0.446. The smallest absolute Gasteiger partial charge is 0.193 e. The van der Waals surface area contributed by atoms with E-state index in [0.29, 0.717) is 12.0 Å². The van der Waals surface area contributed by atoms with E-state index >= 15 is 0 Å². The Morgan fingerprint density at radius 2 is 2.17 bits per heavy atom. The Labute approximate surface area is 155 Å². The Morgan fingerprint density at radius 3 is 2.78 bits per heavy atom. The number of nitrogens with one attached hydrogen (secondary N) is 1. The molecular formula is C18H27FIN3. The number of halogens is 2. The van der Waals surface area contributed by atoms with Crippen molar-refractivity contribution < 1.29 is 4.39 Å². The van der Waals surface area contributed by atoms with Gasteiger partial charge >= 0.3 is 0 Å². The SMILES string of the molecule is CCNC(=NCCc1cccc(F)c1)N1CCC2(CCC2)C1.I. The summed E-state index contributed by atoms with van der Waals surface area (Å²) in [6.45, 7) is 5.97. The average molecular weight is 431 g/mol. The number of nitrogens with zero attached hydrogens (tertiary/aromatic N) is 2. The summed E-state index contributed by atoms with van der Waals surface area (Å²) >= 11 is 0. The first-order valence-corrected chi connectivity index (χ1v) is 8.48. The molecule has 1 aliphatic heterocycles. The zero-order valence-electron chi connectivity index (χ0n) is 13.9. The molecule has 128 valence electrons. The number of likely N-dealkylation sites (tertiary alicyclic amines) is 1. The van der Waals surface area contributed by atoms with E-state index in [1.807, 2.05) is 6.07 Å². The fourth-order valence-corrected chi connectivity index (χ4v) is 3.61. The van der Waals surface area contributed by atoms with Gasteiger partial charge in [-0.05, 0) is 55.7 Å². The zero-order valence-corrected chi connectivity index (χ0v) is 16.2. The molecule has 1 saturated carbocycles. The molecule has 1 heterocycles. The second kappa shape index (κ2) is 8.31. The van der Waals surface area contributed by atoms with Crippen molar-refractivity contribution in [2.45, 2.75) is 39.0 Å². The van der Waals surface area contributed by atoms with Crippen molar-refractivity contribution in [3.8, 4) is 0 Å². The summed E-state index contributed by atoms with van der Waals surface area (Å²) in [4.78, 5) is 7.16. The van der Waals surface area contributed by atoms with E-state index in [1.165, 1.54) is 31.7 Å². The molecule has 1 aromatic carbocycles. The molecule has 3 nitrogen and oxygen atoms in total. The molecule has 1 aromatic rings. The molecule has 5 heteroatoms. The van der Waals surface area contributed by atoms with E-state index in [9.17, 15) is 4.39 Å². The number of benzene rings is 1. The number of hydrogen-bond donors (Lipinski definition) is 1. The van der Waals surface area contributed by atoms with Gasteiger partial charge in [0.2, 0.25) is 0 Å². The highest BCUT2D eigenvalue weighted by atomic mass is 127. The Bertz CT molecular complexity index is 543. The van der Waals surface area contributed by atoms with Crippen LogP contribution in [0.1, 0.15) is 38.2 Å². The lowest BCUT2D eigenvalue weighted by Crippen LogP contribution is -2.42. The van der Waals surface area contributed by atoms with E-state index in [-0.39, 0.29) is 29.8 Å². The number of aliphatic imine (C=N–C) groups is 1. The maximum absolute atomic E-state index is 13.2. The van der Waals surface area contributed by atoms with Crippen LogP contribution >= 0.6 is 24.0 Å². The normalized spacial score (nSPS) is 19.4. The van der Waals surface area contributed by atoms with Gasteiger partial charge in [-0.1, -0.05) is 18.6 Å². The van der Waals surface area contributed by atoms with Crippen LogP contribution in [0.15, 0.2) is 29.3 Å². The molecule has 2 aliphatic rings. The third-order valence-corrected chi connectivity index (χ3v) is 5.04. The van der Waals surface area contributed by atoms with Gasteiger partial charge in [-0.25, -0.2) is 4.39 Å². The molecule has 0 aromatic heterocycles. The maximum atomic E-state index is 13.2. The molecule has 2 fully saturated rings. The van der Waals surface area contributed by atoms with Crippen LogP contribution in [-0.2, 0) is 6.42 Å². The van der Waals surface area contributed by atoms with Crippen LogP contribution in [0.2, 0.25) is 0 Å². The van der Waals surface area contributed by atoms with Crippen molar-refractivity contribution in [3.05, 3.63) is 35.6 Å². The molecule has 0 bridgehead atoms. The molecule has 1 saturated heterocycles. The summed E-state index contributed by atoms with van der Waals surface area (Å²) in [7, 11) is 0. The van der Waals surface area contributed by atoms with Gasteiger partial charge in [0.25, 0.3) is 0 Å². The highest BCUT2D eigenvalue weighted by Crippen LogP contribution is 2.47. The van der Waals surface area contributed by atoms with Gasteiger partial charge in [0.15, 0.2) is 5.96 Å². The topological polar surface area (TPSA) is 27.6 Å². The Hall–Kier alpha value is -0.850. The van der Waals surface area contributed by atoms with Gasteiger partial charge in [-0.3, -0.25) is 4.99 Å². The lowest BCUT2D eigenvalue weighted by atomic mass is 9.68. The van der Waals surface area contributed by atoms with E-state index in [2.05, 4.69) is 17.1 Å². The lowest BCUT2D eigenvalue weighted by Gasteiger charge is -2.38. The first-order chi connectivity index (χ1) is 10.7. The van der Waals surface area contributed by atoms with Gasteiger partial charge in [-0.15, -0.1) is 24.0 Å². The summed E-state index contributed by atoms with van der Waals surface area (Å²) in [5, 5.41) is 3.41. The average Bonchev–Trinajstić information content (AvgIpc) is 2.92. The summed E-state index contributed by atoms with van der Waals surface area (Å²) in [6, 6.07) is 6.81. The van der Waals surface area contributed by atoms with Gasteiger partial charge in [0.05, 0.1) is 0 Å². The minimum Gasteiger partial charge on any atom is -0.357 e. The summed E-state index contributed by atoms with van der Waals surface area (Å²) in [5.41, 5.74) is 1.59. The summed E-state index contributed by atoms with van der Waals surface area (Å²) in [5.74, 6) is 0.863. The molecular weight excluding hydrogens is 404 g/mol. The number of guanidine groups is 1. The van der Waals surface area contributed by atoms with Crippen molar-refractivity contribution in [2.24, 2.45) is 10.4 Å². The first kappa shape index (κ1) is 18.5. The fourth-order valence-electron chi connectivity index (χ4n) is 3.61. The fraction of sp³-hybridized carbons (Fsp3) is 0.611. The van der Waals surface area contributed by atoms with Gasteiger partial charge in [0.1, 0.15) is 5.82 Å². The van der Waals surface area contributed by atoms with Crippen LogP contribution in [0.25, 0.3) is 0 Å². The highest BCUT2D eigenvalue weighted by molar-refractivity contribution is 14.0. The van der Waals surface area contributed by atoms with E-state index in [1.54, 1.807) is 12.1 Å². The van der Waals surface area contributed by atoms with Crippen LogP contribution in [0, 0.1) is 11.2 Å². The van der Waals surface area contributed by atoms with E-state index in [4.69, 9.17) is 4.99 Å². The Kier molecular flexibility index (Phi) is 6.68. The minimum absolute atomic E-state index is 0. The predicted octanol–water partition coefficient (Wildman–Crippen LogP) is 3.83. The van der Waals surface area contributed by atoms with Crippen LogP contribution in [0.5, 0.6) is 0 Å². The second-order valence-electron chi connectivity index (χ2n) is 6.64. The molecule has 1 aliphatic carbocycles. The van der Waals surface area contributed by atoms with Gasteiger partial charge < -0.3 is 10.2 Å². The predicted molar refractivity (Wildman–Crippen MR) is 104 cm³/mol. The molecule has 0 amide bonds. The molecule has 0 radical (unpaired) electrons. The minimum atomic E-state index is -0.167. The molecule has 0 unspecified atom stereocenters. The lowest BCUT2D eigenvalue weighted by molar-refractivity contribution is 0.151. The van der Waals surface area contributed by atoms with Crippen molar-refractivity contribution in [1.82, 2.24) is 10.2 Å². The summed E-state index contributed by atoms with van der Waals surface area (Å²) < 4.78 is 13.2. The van der Waals surface area contributed by atoms with Crippen molar-refractivity contribution in [3.63, 3.8) is 0 Å². The molecule has 0 atom stereocenters. The Morgan fingerprint density at radius 1 is 1.35 bits per heavy atom. The molecule has 1 spiro atoms. The third kappa shape index (κ3) is 4.58. The van der Waals surface area contributed by atoms with Crippen molar-refractivity contribution >= 4 is 29.9 Å². The number of rotatable bonds is 4. The standard InChI is InChI=1S/C18H26FN3.HI/c1-2-20-17(22-12-10-18(14-22)8-4-9-18)21-11-7-15-5-3-6-16(19)13-15;/h3,5-6,13H,2,4,7-12,14H2,1H3,(H,20,21);1H. The largest absolute Gasteiger partial charge is 0.357 e. The highest BCUT2D eigenvalue weighted by Gasteiger charge is 2.43. The second-order valence-corrected chi connectivity index (χ2v) is 6.64. The van der Waals surface area contributed by atoms with Crippen molar-refractivity contribution in [1.29, 1.82) is 0 Å². The summed E-state index contributed by atoms with van der Waals surface area (Å²) in [6.07, 6.45) is 6.24. The molecule has 3 rings (SSSR count). The van der Waals surface area contributed by atoms with Gasteiger partial charge in [0, 0.05) is 26.2 Å². The van der Waals surface area contributed by atoms with Gasteiger partial charge in [-0.2, -0.15) is 0 Å². The van der Waals surface area contributed by atoms with E-state index < -0.39 is 0 Å². The maximum Gasteiger partial charge on any atom is 0.193 e. The van der Waals surface area contributed by atoms with Crippen LogP contribution < -0.4 is 5.32 Å².